The van der Waals surface area contributed by atoms with Crippen molar-refractivity contribution >= 4 is 5.91 Å². The second kappa shape index (κ2) is 6.62. The Balaban J connectivity index is 3.54. The number of rotatable bonds is 6. The summed E-state index contributed by atoms with van der Waals surface area (Å²) >= 11 is 0. The molecule has 3 N–H and O–H groups in total. The maximum absolute atomic E-state index is 11.0. The Bertz CT molecular complexity index is 176. The summed E-state index contributed by atoms with van der Waals surface area (Å²) in [7, 11) is 3.75. The lowest BCUT2D eigenvalue weighted by atomic mass is 10.3. The first kappa shape index (κ1) is 12.1. The highest BCUT2D eigenvalue weighted by Gasteiger charge is 2.03. The first-order chi connectivity index (χ1) is 6.11. The van der Waals surface area contributed by atoms with E-state index in [1.54, 1.807) is 6.92 Å². The first-order valence-corrected chi connectivity index (χ1v) is 4.40. The molecule has 0 heterocycles. The van der Waals surface area contributed by atoms with Gasteiger partial charge in [-0.25, -0.2) is 0 Å². The van der Waals surface area contributed by atoms with E-state index < -0.39 is 0 Å². The fourth-order valence-electron chi connectivity index (χ4n) is 0.914. The molecule has 0 spiro atoms. The second-order valence-corrected chi connectivity index (χ2v) is 2.95. The van der Waals surface area contributed by atoms with Crippen LogP contribution in [0.4, 0.5) is 0 Å². The molecule has 13 heavy (non-hydrogen) atoms. The Kier molecular flexibility index (Phi) is 6.18. The predicted octanol–water partition coefficient (Wildman–Crippen LogP) is -0.166. The molecule has 0 aliphatic carbocycles. The van der Waals surface area contributed by atoms with Gasteiger partial charge in [-0.1, -0.05) is 6.58 Å². The molecule has 4 nitrogen and oxygen atoms in total. The van der Waals surface area contributed by atoms with E-state index in [2.05, 4.69) is 22.5 Å². The Morgan fingerprint density at radius 1 is 1.38 bits per heavy atom. The van der Waals surface area contributed by atoms with Crippen molar-refractivity contribution in [3.63, 3.8) is 0 Å². The Morgan fingerprint density at radius 3 is 2.31 bits per heavy atom. The highest BCUT2D eigenvalue weighted by molar-refractivity contribution is 5.91. The van der Waals surface area contributed by atoms with Crippen molar-refractivity contribution in [3.05, 3.63) is 12.2 Å². The summed E-state index contributed by atoms with van der Waals surface area (Å²) in [5, 5.41) is 8.90. The molecule has 0 saturated heterocycles. The van der Waals surface area contributed by atoms with Crippen molar-refractivity contribution in [2.24, 2.45) is 0 Å². The molecule has 76 valence electrons. The maximum atomic E-state index is 11.0. The van der Waals surface area contributed by atoms with Crippen LogP contribution in [0.15, 0.2) is 12.2 Å². The summed E-state index contributed by atoms with van der Waals surface area (Å²) in [5.41, 5.74) is 0.547. The zero-order chi connectivity index (χ0) is 10.3. The third kappa shape index (κ3) is 5.38. The summed E-state index contributed by atoms with van der Waals surface area (Å²) in [6.45, 7) is 5.90. The van der Waals surface area contributed by atoms with Crippen LogP contribution in [0.1, 0.15) is 13.3 Å². The molecule has 0 atom stereocenters. The monoisotopic (exact) mass is 185 g/mol. The number of hydrogen-bond acceptors (Lipinski definition) is 3. The lowest BCUT2D eigenvalue weighted by molar-refractivity contribution is -0.117. The molecule has 0 aromatic heterocycles. The number of hydrogen-bond donors (Lipinski definition) is 3. The standard InChI is InChI=1S/C9H19N3O/c1-7(2)9(13)12-6-5-8(10-3)11-4/h8,10-11H,1,5-6H2,2-4H3,(H,12,13). The average Bonchev–Trinajstić information content (AvgIpc) is 2.12. The number of amides is 1. The van der Waals surface area contributed by atoms with Crippen molar-refractivity contribution < 1.29 is 4.79 Å². The molecule has 0 radical (unpaired) electrons. The average molecular weight is 185 g/mol. The third-order valence-corrected chi connectivity index (χ3v) is 1.80. The second-order valence-electron chi connectivity index (χ2n) is 2.95. The SMILES string of the molecule is C=C(C)C(=O)NCCC(NC)NC. The van der Waals surface area contributed by atoms with E-state index in [4.69, 9.17) is 0 Å². The molecule has 1 amide bonds. The van der Waals surface area contributed by atoms with Crippen LogP contribution in [-0.2, 0) is 4.79 Å². The Morgan fingerprint density at radius 2 is 1.92 bits per heavy atom. The van der Waals surface area contributed by atoms with Crippen molar-refractivity contribution in [3.8, 4) is 0 Å². The van der Waals surface area contributed by atoms with Crippen LogP contribution in [0.25, 0.3) is 0 Å². The summed E-state index contributed by atoms with van der Waals surface area (Å²) in [6.07, 6.45) is 1.09. The van der Waals surface area contributed by atoms with E-state index in [1.807, 2.05) is 14.1 Å². The van der Waals surface area contributed by atoms with Crippen molar-refractivity contribution in [1.29, 1.82) is 0 Å². The predicted molar refractivity (Wildman–Crippen MR) is 54.3 cm³/mol. The highest BCUT2D eigenvalue weighted by atomic mass is 16.1. The molecule has 0 aliphatic heterocycles. The molecule has 4 heteroatoms. The van der Waals surface area contributed by atoms with Crippen LogP contribution in [0, 0.1) is 0 Å². The lowest BCUT2D eigenvalue weighted by Gasteiger charge is -2.14. The molecule has 0 aliphatic rings. The van der Waals surface area contributed by atoms with Crippen LogP contribution in [0.3, 0.4) is 0 Å². The van der Waals surface area contributed by atoms with E-state index >= 15 is 0 Å². The maximum Gasteiger partial charge on any atom is 0.246 e. The normalized spacial score (nSPS) is 10.2. The first-order valence-electron chi connectivity index (χ1n) is 4.40. The Labute approximate surface area is 79.8 Å². The van der Waals surface area contributed by atoms with Gasteiger partial charge in [0.2, 0.25) is 5.91 Å². The molecule has 0 aromatic rings. The molecule has 0 fully saturated rings. The van der Waals surface area contributed by atoms with Crippen molar-refractivity contribution in [2.45, 2.75) is 19.5 Å². The highest BCUT2D eigenvalue weighted by Crippen LogP contribution is 1.87. The number of carbonyl (C=O) groups is 1. The summed E-state index contributed by atoms with van der Waals surface area (Å²) in [5.74, 6) is -0.0778. The van der Waals surface area contributed by atoms with Gasteiger partial charge >= 0.3 is 0 Å². The fourth-order valence-corrected chi connectivity index (χ4v) is 0.914. The van der Waals surface area contributed by atoms with Crippen LogP contribution in [-0.4, -0.2) is 32.7 Å². The zero-order valence-corrected chi connectivity index (χ0v) is 8.61. The smallest absolute Gasteiger partial charge is 0.246 e. The van der Waals surface area contributed by atoms with Gasteiger partial charge in [-0.2, -0.15) is 0 Å². The molecule has 0 bridgehead atoms. The van der Waals surface area contributed by atoms with Gasteiger partial charge in [-0.3, -0.25) is 4.79 Å². The van der Waals surface area contributed by atoms with Gasteiger partial charge in [0.15, 0.2) is 0 Å². The van der Waals surface area contributed by atoms with Crippen LogP contribution in [0.5, 0.6) is 0 Å². The van der Waals surface area contributed by atoms with Gasteiger partial charge in [-0.05, 0) is 27.4 Å². The Hall–Kier alpha value is -0.870. The van der Waals surface area contributed by atoms with Gasteiger partial charge in [0.05, 0.1) is 6.17 Å². The molecule has 0 saturated carbocycles. The quantitative estimate of drug-likeness (QED) is 0.398. The van der Waals surface area contributed by atoms with E-state index in [0.29, 0.717) is 12.1 Å². The van der Waals surface area contributed by atoms with E-state index in [0.717, 1.165) is 6.42 Å². The van der Waals surface area contributed by atoms with Crippen LogP contribution in [0.2, 0.25) is 0 Å². The van der Waals surface area contributed by atoms with Gasteiger partial charge < -0.3 is 16.0 Å². The topological polar surface area (TPSA) is 53.2 Å². The largest absolute Gasteiger partial charge is 0.352 e. The minimum absolute atomic E-state index is 0.0778. The number of carbonyl (C=O) groups excluding carboxylic acids is 1. The van der Waals surface area contributed by atoms with Gasteiger partial charge in [0.25, 0.3) is 0 Å². The van der Waals surface area contributed by atoms with E-state index in [9.17, 15) is 4.79 Å². The molecule has 0 rings (SSSR count). The summed E-state index contributed by atoms with van der Waals surface area (Å²) < 4.78 is 0. The molecular formula is C9H19N3O. The van der Waals surface area contributed by atoms with Crippen LogP contribution < -0.4 is 16.0 Å². The van der Waals surface area contributed by atoms with Crippen LogP contribution >= 0.6 is 0 Å². The fraction of sp³-hybridized carbons (Fsp3) is 0.667. The van der Waals surface area contributed by atoms with E-state index in [1.165, 1.54) is 0 Å². The van der Waals surface area contributed by atoms with Crippen molar-refractivity contribution in [2.75, 3.05) is 20.6 Å². The zero-order valence-electron chi connectivity index (χ0n) is 8.61. The molecular weight excluding hydrogens is 166 g/mol. The lowest BCUT2D eigenvalue weighted by Crippen LogP contribution is -2.40. The van der Waals surface area contributed by atoms with Gasteiger partial charge in [0, 0.05) is 12.1 Å². The van der Waals surface area contributed by atoms with Gasteiger partial charge in [0.1, 0.15) is 0 Å². The molecule has 0 aromatic carbocycles. The third-order valence-electron chi connectivity index (χ3n) is 1.80. The number of nitrogens with one attached hydrogen (secondary N) is 3. The minimum Gasteiger partial charge on any atom is -0.352 e. The summed E-state index contributed by atoms with van der Waals surface area (Å²) in [6, 6.07) is 0. The minimum atomic E-state index is -0.0778. The van der Waals surface area contributed by atoms with Crippen molar-refractivity contribution in [1.82, 2.24) is 16.0 Å². The van der Waals surface area contributed by atoms with Gasteiger partial charge in [-0.15, -0.1) is 0 Å². The molecule has 0 unspecified atom stereocenters. The van der Waals surface area contributed by atoms with E-state index in [-0.39, 0.29) is 12.1 Å². The summed E-state index contributed by atoms with van der Waals surface area (Å²) in [4.78, 5) is 11.0.